The number of amides is 2. The first-order valence-corrected chi connectivity index (χ1v) is 9.39. The van der Waals surface area contributed by atoms with E-state index in [4.69, 9.17) is 4.74 Å². The quantitative estimate of drug-likeness (QED) is 0.763. The Kier molecular flexibility index (Phi) is 5.82. The van der Waals surface area contributed by atoms with E-state index in [0.29, 0.717) is 23.8 Å². The second-order valence-electron chi connectivity index (χ2n) is 7.08. The number of benzene rings is 1. The molecule has 2 N–H and O–H groups in total. The van der Waals surface area contributed by atoms with Crippen LogP contribution in [0.1, 0.15) is 46.5 Å². The molecule has 7 nitrogen and oxygen atoms in total. The summed E-state index contributed by atoms with van der Waals surface area (Å²) in [4.78, 5) is 37.8. The van der Waals surface area contributed by atoms with Gasteiger partial charge < -0.3 is 19.9 Å². The highest BCUT2D eigenvalue weighted by Crippen LogP contribution is 2.29. The Labute approximate surface area is 163 Å². The van der Waals surface area contributed by atoms with Gasteiger partial charge in [-0.15, -0.1) is 0 Å². The van der Waals surface area contributed by atoms with Crippen LogP contribution in [0.3, 0.4) is 0 Å². The summed E-state index contributed by atoms with van der Waals surface area (Å²) in [7, 11) is 1.57. The molecule has 1 aromatic carbocycles. The van der Waals surface area contributed by atoms with Crippen LogP contribution < -0.4 is 20.9 Å². The van der Waals surface area contributed by atoms with Gasteiger partial charge in [0.1, 0.15) is 11.3 Å². The average Bonchev–Trinajstić information content (AvgIpc) is 3.37. The monoisotopic (exact) mass is 383 g/mol. The molecule has 2 atom stereocenters. The molecule has 148 valence electrons. The van der Waals surface area contributed by atoms with Crippen molar-refractivity contribution in [3.63, 3.8) is 0 Å². The lowest BCUT2D eigenvalue weighted by Crippen LogP contribution is -2.35. The number of pyridine rings is 1. The van der Waals surface area contributed by atoms with Gasteiger partial charge in [-0.05, 0) is 43.0 Å². The first-order valence-electron chi connectivity index (χ1n) is 9.39. The zero-order valence-corrected chi connectivity index (χ0v) is 16.3. The molecule has 3 rings (SSSR count). The lowest BCUT2D eigenvalue weighted by molar-refractivity contribution is 0.0948. The molecule has 1 fully saturated rings. The van der Waals surface area contributed by atoms with Crippen molar-refractivity contribution in [1.29, 1.82) is 0 Å². The maximum absolute atomic E-state index is 12.8. The molecule has 0 unspecified atom stereocenters. The molecular weight excluding hydrogens is 358 g/mol. The fourth-order valence-corrected chi connectivity index (χ4v) is 3.04. The minimum absolute atomic E-state index is 0.0405. The number of nitrogens with zero attached hydrogens (tertiary/aromatic N) is 1. The minimum Gasteiger partial charge on any atom is -0.497 e. The number of methoxy groups -OCH3 is 1. The summed E-state index contributed by atoms with van der Waals surface area (Å²) < 4.78 is 6.62. The molecule has 2 aromatic rings. The third-order valence-electron chi connectivity index (χ3n) is 4.84. The standard InChI is InChI=1S/C21H25N3O4/c1-4-22-20(26)17-10-15(19(25)23-18-8-13(18)2)12-24(21(17)27)11-14-6-5-7-16(9-14)28-3/h5-7,9-10,12-13,18H,4,8,11H2,1-3H3,(H,22,26)(H,23,25)/t13-,18-/m1/s1. The van der Waals surface area contributed by atoms with E-state index in [0.717, 1.165) is 12.0 Å². The number of nitrogens with one attached hydrogen (secondary N) is 2. The van der Waals surface area contributed by atoms with Gasteiger partial charge in [-0.2, -0.15) is 0 Å². The molecule has 7 heteroatoms. The van der Waals surface area contributed by atoms with Gasteiger partial charge in [0.2, 0.25) is 0 Å². The van der Waals surface area contributed by atoms with Gasteiger partial charge in [-0.3, -0.25) is 14.4 Å². The van der Waals surface area contributed by atoms with Crippen LogP contribution in [-0.2, 0) is 6.54 Å². The summed E-state index contributed by atoms with van der Waals surface area (Å²) in [5.41, 5.74) is 0.644. The van der Waals surface area contributed by atoms with Crippen LogP contribution in [0.2, 0.25) is 0 Å². The highest BCUT2D eigenvalue weighted by Gasteiger charge is 2.34. The summed E-state index contributed by atoms with van der Waals surface area (Å²) in [6.45, 7) is 4.46. The number of ether oxygens (including phenoxy) is 1. The molecule has 1 heterocycles. The molecule has 0 spiro atoms. The van der Waals surface area contributed by atoms with Crippen molar-refractivity contribution < 1.29 is 14.3 Å². The number of aromatic nitrogens is 1. The van der Waals surface area contributed by atoms with Crippen LogP contribution >= 0.6 is 0 Å². The Morgan fingerprint density at radius 2 is 2.00 bits per heavy atom. The smallest absolute Gasteiger partial charge is 0.263 e. The van der Waals surface area contributed by atoms with Crippen molar-refractivity contribution in [2.24, 2.45) is 5.92 Å². The van der Waals surface area contributed by atoms with Gasteiger partial charge in [0.15, 0.2) is 0 Å². The van der Waals surface area contributed by atoms with Crippen molar-refractivity contribution in [2.75, 3.05) is 13.7 Å². The number of carbonyl (C=O) groups excluding carboxylic acids is 2. The molecule has 1 saturated carbocycles. The predicted octanol–water partition coefficient (Wildman–Crippen LogP) is 1.79. The fraction of sp³-hybridized carbons (Fsp3) is 0.381. The lowest BCUT2D eigenvalue weighted by atomic mass is 10.1. The summed E-state index contributed by atoms with van der Waals surface area (Å²) in [6, 6.07) is 8.84. The molecular formula is C21H25N3O4. The summed E-state index contributed by atoms with van der Waals surface area (Å²) in [5, 5.41) is 5.58. The molecule has 0 saturated heterocycles. The Morgan fingerprint density at radius 3 is 2.64 bits per heavy atom. The van der Waals surface area contributed by atoms with Crippen molar-refractivity contribution in [3.05, 3.63) is 63.6 Å². The molecule has 1 aliphatic carbocycles. The van der Waals surface area contributed by atoms with Crippen LogP contribution in [0.15, 0.2) is 41.3 Å². The van der Waals surface area contributed by atoms with Crippen LogP contribution in [0.5, 0.6) is 5.75 Å². The average molecular weight is 383 g/mol. The second-order valence-corrected chi connectivity index (χ2v) is 7.08. The van der Waals surface area contributed by atoms with Gasteiger partial charge >= 0.3 is 0 Å². The largest absolute Gasteiger partial charge is 0.497 e. The summed E-state index contributed by atoms with van der Waals surface area (Å²) in [6.07, 6.45) is 2.45. The van der Waals surface area contributed by atoms with E-state index in [1.54, 1.807) is 14.0 Å². The Balaban J connectivity index is 1.97. The van der Waals surface area contributed by atoms with E-state index in [1.807, 2.05) is 24.3 Å². The van der Waals surface area contributed by atoms with E-state index in [1.165, 1.54) is 16.8 Å². The molecule has 2 amide bonds. The maximum atomic E-state index is 12.8. The first kappa shape index (κ1) is 19.7. The van der Waals surface area contributed by atoms with Gasteiger partial charge in [-0.1, -0.05) is 19.1 Å². The Bertz CT molecular complexity index is 951. The summed E-state index contributed by atoms with van der Waals surface area (Å²) >= 11 is 0. The Hall–Kier alpha value is -3.09. The zero-order chi connectivity index (χ0) is 20.3. The molecule has 0 aliphatic heterocycles. The van der Waals surface area contributed by atoms with Crippen molar-refractivity contribution in [3.8, 4) is 5.75 Å². The summed E-state index contributed by atoms with van der Waals surface area (Å²) in [5.74, 6) is 0.362. The van der Waals surface area contributed by atoms with Crippen LogP contribution in [0.4, 0.5) is 0 Å². The zero-order valence-electron chi connectivity index (χ0n) is 16.3. The SMILES string of the molecule is CCNC(=O)c1cc(C(=O)N[C@@H]2C[C@H]2C)cn(Cc2cccc(OC)c2)c1=O. The van der Waals surface area contributed by atoms with Gasteiger partial charge in [0.25, 0.3) is 17.4 Å². The lowest BCUT2D eigenvalue weighted by Gasteiger charge is -2.13. The van der Waals surface area contributed by atoms with Crippen molar-refractivity contribution in [1.82, 2.24) is 15.2 Å². The number of hydrogen-bond acceptors (Lipinski definition) is 4. The van der Waals surface area contributed by atoms with E-state index in [-0.39, 0.29) is 24.1 Å². The molecule has 1 aliphatic rings. The van der Waals surface area contributed by atoms with E-state index < -0.39 is 11.5 Å². The topological polar surface area (TPSA) is 89.4 Å². The van der Waals surface area contributed by atoms with E-state index in [2.05, 4.69) is 17.6 Å². The van der Waals surface area contributed by atoms with Crippen LogP contribution in [0, 0.1) is 5.92 Å². The van der Waals surface area contributed by atoms with E-state index in [9.17, 15) is 14.4 Å². The van der Waals surface area contributed by atoms with Gasteiger partial charge in [0, 0.05) is 18.8 Å². The predicted molar refractivity (Wildman–Crippen MR) is 106 cm³/mol. The van der Waals surface area contributed by atoms with Crippen molar-refractivity contribution >= 4 is 11.8 Å². The number of carbonyl (C=O) groups is 2. The fourth-order valence-electron chi connectivity index (χ4n) is 3.04. The molecule has 28 heavy (non-hydrogen) atoms. The van der Waals surface area contributed by atoms with E-state index >= 15 is 0 Å². The third kappa shape index (κ3) is 4.42. The maximum Gasteiger partial charge on any atom is 0.263 e. The molecule has 1 aromatic heterocycles. The molecule has 0 bridgehead atoms. The normalized spacial score (nSPS) is 17.7. The highest BCUT2D eigenvalue weighted by molar-refractivity contribution is 5.99. The highest BCUT2D eigenvalue weighted by atomic mass is 16.5. The first-order chi connectivity index (χ1) is 13.4. The number of rotatable bonds is 7. The van der Waals surface area contributed by atoms with Crippen LogP contribution in [0.25, 0.3) is 0 Å². The Morgan fingerprint density at radius 1 is 1.25 bits per heavy atom. The van der Waals surface area contributed by atoms with Crippen molar-refractivity contribution in [2.45, 2.75) is 32.9 Å². The van der Waals surface area contributed by atoms with Gasteiger partial charge in [0.05, 0.1) is 19.2 Å². The number of hydrogen-bond donors (Lipinski definition) is 2. The van der Waals surface area contributed by atoms with Crippen LogP contribution in [-0.4, -0.2) is 36.1 Å². The second kappa shape index (κ2) is 8.29. The third-order valence-corrected chi connectivity index (χ3v) is 4.84. The molecule has 0 radical (unpaired) electrons. The minimum atomic E-state index is -0.485. The van der Waals surface area contributed by atoms with Gasteiger partial charge in [-0.25, -0.2) is 0 Å².